The SMILES string of the molecule is CC(C)(NC[C@H](O)COc1ccccc1)c1ccc(O)cc1. The summed E-state index contributed by atoms with van der Waals surface area (Å²) in [6.07, 6.45) is -0.600. The number of rotatable bonds is 7. The zero-order valence-electron chi connectivity index (χ0n) is 13.0. The third-order valence-corrected chi connectivity index (χ3v) is 3.55. The largest absolute Gasteiger partial charge is 0.508 e. The van der Waals surface area contributed by atoms with Crippen molar-refractivity contribution in [3.8, 4) is 11.5 Å². The average Bonchev–Trinajstić information content (AvgIpc) is 2.52. The molecule has 2 rings (SSSR count). The number of aromatic hydroxyl groups is 1. The Morgan fingerprint density at radius 1 is 1.05 bits per heavy atom. The normalized spacial score (nSPS) is 12.9. The van der Waals surface area contributed by atoms with E-state index < -0.39 is 6.10 Å². The molecule has 0 fully saturated rings. The maximum Gasteiger partial charge on any atom is 0.119 e. The second-order valence-corrected chi connectivity index (χ2v) is 5.83. The van der Waals surface area contributed by atoms with E-state index in [1.165, 1.54) is 0 Å². The Labute approximate surface area is 131 Å². The number of aliphatic hydroxyl groups is 1. The molecular formula is C18H23NO3. The van der Waals surface area contributed by atoms with Gasteiger partial charge in [0.1, 0.15) is 24.2 Å². The minimum absolute atomic E-state index is 0.239. The lowest BCUT2D eigenvalue weighted by molar-refractivity contribution is 0.0987. The van der Waals surface area contributed by atoms with Crippen LogP contribution in [0, 0.1) is 0 Å². The minimum Gasteiger partial charge on any atom is -0.508 e. The Hall–Kier alpha value is -2.04. The summed E-state index contributed by atoms with van der Waals surface area (Å²) in [4.78, 5) is 0. The summed E-state index contributed by atoms with van der Waals surface area (Å²) in [5.74, 6) is 0.996. The highest BCUT2D eigenvalue weighted by Crippen LogP contribution is 2.22. The van der Waals surface area contributed by atoms with Crippen molar-refractivity contribution in [3.63, 3.8) is 0 Å². The first kappa shape index (κ1) is 16.3. The molecule has 0 saturated carbocycles. The number of nitrogens with one attached hydrogen (secondary N) is 1. The molecule has 4 nitrogen and oxygen atoms in total. The van der Waals surface area contributed by atoms with Gasteiger partial charge in [0, 0.05) is 12.1 Å². The summed E-state index contributed by atoms with van der Waals surface area (Å²) < 4.78 is 5.53. The van der Waals surface area contributed by atoms with Gasteiger partial charge in [0.2, 0.25) is 0 Å². The van der Waals surface area contributed by atoms with Crippen LogP contribution in [0.3, 0.4) is 0 Å². The Balaban J connectivity index is 1.82. The lowest BCUT2D eigenvalue weighted by Gasteiger charge is -2.28. The van der Waals surface area contributed by atoms with E-state index in [0.29, 0.717) is 6.54 Å². The Morgan fingerprint density at radius 2 is 1.68 bits per heavy atom. The molecule has 0 aliphatic heterocycles. The van der Waals surface area contributed by atoms with Crippen LogP contribution < -0.4 is 10.1 Å². The van der Waals surface area contributed by atoms with Gasteiger partial charge in [-0.25, -0.2) is 0 Å². The molecule has 0 heterocycles. The van der Waals surface area contributed by atoms with Gasteiger partial charge in [0.25, 0.3) is 0 Å². The lowest BCUT2D eigenvalue weighted by Crippen LogP contribution is -2.42. The number of ether oxygens (including phenoxy) is 1. The number of phenolic OH excluding ortho intramolecular Hbond substituents is 1. The molecule has 118 valence electrons. The number of aliphatic hydroxyl groups excluding tert-OH is 1. The van der Waals surface area contributed by atoms with Crippen molar-refractivity contribution in [2.75, 3.05) is 13.2 Å². The van der Waals surface area contributed by atoms with Crippen molar-refractivity contribution in [3.05, 3.63) is 60.2 Å². The second-order valence-electron chi connectivity index (χ2n) is 5.83. The molecule has 22 heavy (non-hydrogen) atoms. The molecule has 3 N–H and O–H groups in total. The molecule has 2 aromatic rings. The molecule has 0 aliphatic rings. The van der Waals surface area contributed by atoms with Crippen LogP contribution in [-0.2, 0) is 5.54 Å². The van der Waals surface area contributed by atoms with Crippen LogP contribution in [0.5, 0.6) is 11.5 Å². The first-order valence-electron chi connectivity index (χ1n) is 7.38. The molecule has 4 heteroatoms. The second kappa shape index (κ2) is 7.29. The number of benzene rings is 2. The molecule has 0 saturated heterocycles. The standard InChI is InChI=1S/C18H23NO3/c1-18(2,14-8-10-15(20)11-9-14)19-12-16(21)13-22-17-6-4-3-5-7-17/h3-11,16,19-21H,12-13H2,1-2H3/t16-/m0/s1. The maximum atomic E-state index is 10.0. The molecule has 2 aromatic carbocycles. The van der Waals surface area contributed by atoms with Crippen LogP contribution in [0.4, 0.5) is 0 Å². The Kier molecular flexibility index (Phi) is 5.41. The van der Waals surface area contributed by atoms with E-state index in [4.69, 9.17) is 4.74 Å². The van der Waals surface area contributed by atoms with E-state index >= 15 is 0 Å². The van der Waals surface area contributed by atoms with Gasteiger partial charge < -0.3 is 20.3 Å². The summed E-state index contributed by atoms with van der Waals surface area (Å²) in [5, 5.41) is 22.7. The minimum atomic E-state index is -0.600. The van der Waals surface area contributed by atoms with Crippen molar-refractivity contribution < 1.29 is 14.9 Å². The van der Waals surface area contributed by atoms with Crippen molar-refractivity contribution in [1.82, 2.24) is 5.32 Å². The predicted molar refractivity (Wildman–Crippen MR) is 87.1 cm³/mol. The lowest BCUT2D eigenvalue weighted by atomic mass is 9.94. The van der Waals surface area contributed by atoms with Gasteiger partial charge in [-0.2, -0.15) is 0 Å². The van der Waals surface area contributed by atoms with Crippen molar-refractivity contribution >= 4 is 0 Å². The molecule has 0 unspecified atom stereocenters. The quantitative estimate of drug-likeness (QED) is 0.736. The van der Waals surface area contributed by atoms with Gasteiger partial charge in [-0.05, 0) is 43.7 Å². The molecule has 0 spiro atoms. The van der Waals surface area contributed by atoms with Gasteiger partial charge >= 0.3 is 0 Å². The fourth-order valence-electron chi connectivity index (χ4n) is 2.12. The summed E-state index contributed by atoms with van der Waals surface area (Å²) in [7, 11) is 0. The summed E-state index contributed by atoms with van der Waals surface area (Å²) >= 11 is 0. The van der Waals surface area contributed by atoms with Crippen LogP contribution in [-0.4, -0.2) is 29.5 Å². The highest BCUT2D eigenvalue weighted by molar-refractivity contribution is 5.30. The highest BCUT2D eigenvalue weighted by atomic mass is 16.5. The zero-order chi connectivity index (χ0) is 16.0. The number of phenols is 1. The summed E-state index contributed by atoms with van der Waals surface area (Å²) in [6, 6.07) is 16.5. The highest BCUT2D eigenvalue weighted by Gasteiger charge is 2.21. The van der Waals surface area contributed by atoms with Crippen molar-refractivity contribution in [1.29, 1.82) is 0 Å². The predicted octanol–water partition coefficient (Wildman–Crippen LogP) is 2.66. The molecule has 0 amide bonds. The topological polar surface area (TPSA) is 61.7 Å². The van der Waals surface area contributed by atoms with Crippen LogP contribution in [0.2, 0.25) is 0 Å². The number of hydrogen-bond donors (Lipinski definition) is 3. The fourth-order valence-corrected chi connectivity index (χ4v) is 2.12. The molecule has 1 atom stereocenters. The first-order chi connectivity index (χ1) is 10.5. The van der Waals surface area contributed by atoms with E-state index in [2.05, 4.69) is 5.32 Å². The molecular weight excluding hydrogens is 278 g/mol. The third kappa shape index (κ3) is 4.76. The molecule has 0 radical (unpaired) electrons. The van der Waals surface area contributed by atoms with Crippen molar-refractivity contribution in [2.24, 2.45) is 0 Å². The van der Waals surface area contributed by atoms with E-state index in [-0.39, 0.29) is 17.9 Å². The Bertz CT molecular complexity index is 567. The summed E-state index contributed by atoms with van der Waals surface area (Å²) in [5.41, 5.74) is 0.739. The van der Waals surface area contributed by atoms with Gasteiger partial charge in [0.05, 0.1) is 0 Å². The van der Waals surface area contributed by atoms with Gasteiger partial charge in [-0.3, -0.25) is 0 Å². The molecule has 0 bridgehead atoms. The maximum absolute atomic E-state index is 10.0. The van der Waals surface area contributed by atoms with Gasteiger partial charge in [-0.15, -0.1) is 0 Å². The number of para-hydroxylation sites is 1. The monoisotopic (exact) mass is 301 g/mol. The van der Waals surface area contributed by atoms with E-state index in [1.54, 1.807) is 12.1 Å². The third-order valence-electron chi connectivity index (χ3n) is 3.55. The van der Waals surface area contributed by atoms with Crippen LogP contribution in [0.1, 0.15) is 19.4 Å². The summed E-state index contributed by atoms with van der Waals surface area (Å²) in [6.45, 7) is 4.72. The molecule has 0 aromatic heterocycles. The average molecular weight is 301 g/mol. The smallest absolute Gasteiger partial charge is 0.119 e. The zero-order valence-corrected chi connectivity index (χ0v) is 13.0. The Morgan fingerprint density at radius 3 is 2.32 bits per heavy atom. The van der Waals surface area contributed by atoms with Gasteiger partial charge in [-0.1, -0.05) is 30.3 Å². The molecule has 0 aliphatic carbocycles. The van der Waals surface area contributed by atoms with Gasteiger partial charge in [0.15, 0.2) is 0 Å². The van der Waals surface area contributed by atoms with E-state index in [0.717, 1.165) is 11.3 Å². The van der Waals surface area contributed by atoms with Crippen molar-refractivity contribution in [2.45, 2.75) is 25.5 Å². The number of hydrogen-bond acceptors (Lipinski definition) is 4. The van der Waals surface area contributed by atoms with Crippen LogP contribution in [0.15, 0.2) is 54.6 Å². The van der Waals surface area contributed by atoms with Crippen LogP contribution >= 0.6 is 0 Å². The van der Waals surface area contributed by atoms with E-state index in [9.17, 15) is 10.2 Å². The fraction of sp³-hybridized carbons (Fsp3) is 0.333. The van der Waals surface area contributed by atoms with E-state index in [1.807, 2.05) is 56.3 Å². The first-order valence-corrected chi connectivity index (χ1v) is 7.38. The van der Waals surface area contributed by atoms with Crippen LogP contribution in [0.25, 0.3) is 0 Å².